The molecule has 0 radical (unpaired) electrons. The van der Waals surface area contributed by atoms with Crippen molar-refractivity contribution in [2.24, 2.45) is 0 Å². The minimum Gasteiger partial charge on any atom is -0.484 e. The summed E-state index contributed by atoms with van der Waals surface area (Å²) in [5.41, 5.74) is 2.98. The Balaban J connectivity index is 2.03. The third-order valence-electron chi connectivity index (χ3n) is 3.61. The molecule has 0 heterocycles. The summed E-state index contributed by atoms with van der Waals surface area (Å²) in [6.45, 7) is 5.44. The molecule has 0 spiro atoms. The van der Waals surface area contributed by atoms with Crippen LogP contribution in [0.4, 0.5) is 11.4 Å². The van der Waals surface area contributed by atoms with Gasteiger partial charge in [-0.25, -0.2) is 0 Å². The zero-order chi connectivity index (χ0) is 17.9. The number of halogens is 1. The molecule has 2 rings (SSSR count). The van der Waals surface area contributed by atoms with E-state index in [9.17, 15) is 14.9 Å². The van der Waals surface area contributed by atoms with Gasteiger partial charge >= 0.3 is 0 Å². The van der Waals surface area contributed by atoms with Crippen molar-refractivity contribution in [3.63, 3.8) is 0 Å². The van der Waals surface area contributed by atoms with Crippen molar-refractivity contribution in [1.29, 1.82) is 0 Å². The SMILES string of the molecule is Cc1ccc(OCC(=O)Nc2cc(Cl)c([N+](=O)[O-])cc2C)cc1C. The van der Waals surface area contributed by atoms with E-state index in [-0.39, 0.29) is 23.2 Å². The van der Waals surface area contributed by atoms with Crippen LogP contribution in [-0.4, -0.2) is 17.4 Å². The van der Waals surface area contributed by atoms with Gasteiger partial charge in [0, 0.05) is 11.8 Å². The molecule has 0 saturated heterocycles. The highest BCUT2D eigenvalue weighted by Gasteiger charge is 2.16. The molecule has 0 atom stereocenters. The van der Waals surface area contributed by atoms with E-state index in [4.69, 9.17) is 16.3 Å². The molecule has 0 fully saturated rings. The first-order valence-electron chi connectivity index (χ1n) is 7.22. The highest BCUT2D eigenvalue weighted by atomic mass is 35.5. The summed E-state index contributed by atoms with van der Waals surface area (Å²) in [6.07, 6.45) is 0. The summed E-state index contributed by atoms with van der Waals surface area (Å²) in [5.74, 6) is 0.230. The quantitative estimate of drug-likeness (QED) is 0.648. The molecule has 24 heavy (non-hydrogen) atoms. The average molecular weight is 349 g/mol. The molecule has 2 aromatic rings. The van der Waals surface area contributed by atoms with Crippen molar-refractivity contribution >= 4 is 28.9 Å². The number of benzene rings is 2. The number of carbonyl (C=O) groups excluding carboxylic acids is 1. The molecule has 0 aliphatic carbocycles. The van der Waals surface area contributed by atoms with E-state index in [1.807, 2.05) is 26.0 Å². The molecule has 0 unspecified atom stereocenters. The number of anilines is 1. The Morgan fingerprint density at radius 2 is 1.88 bits per heavy atom. The van der Waals surface area contributed by atoms with E-state index in [0.717, 1.165) is 11.1 Å². The van der Waals surface area contributed by atoms with Crippen molar-refractivity contribution in [2.45, 2.75) is 20.8 Å². The standard InChI is InChI=1S/C17H17ClN2O4/c1-10-4-5-13(6-11(10)2)24-9-17(21)19-15-8-14(18)16(20(22)23)7-12(15)3/h4-8H,9H2,1-3H3,(H,19,21). The Morgan fingerprint density at radius 3 is 2.50 bits per heavy atom. The van der Waals surface area contributed by atoms with Crippen molar-refractivity contribution in [3.05, 3.63) is 62.2 Å². The van der Waals surface area contributed by atoms with Crippen LogP contribution in [-0.2, 0) is 4.79 Å². The maximum absolute atomic E-state index is 12.0. The number of carbonyl (C=O) groups is 1. The molecular weight excluding hydrogens is 332 g/mol. The molecule has 0 aliphatic heterocycles. The van der Waals surface area contributed by atoms with Gasteiger partial charge in [-0.3, -0.25) is 14.9 Å². The maximum atomic E-state index is 12.0. The number of rotatable bonds is 5. The average Bonchev–Trinajstić information content (AvgIpc) is 2.51. The number of nitro benzene ring substituents is 1. The van der Waals surface area contributed by atoms with E-state index < -0.39 is 4.92 Å². The molecule has 0 aliphatic rings. The van der Waals surface area contributed by atoms with Crippen LogP contribution in [0.3, 0.4) is 0 Å². The summed E-state index contributed by atoms with van der Waals surface area (Å²) in [6, 6.07) is 8.26. The van der Waals surface area contributed by atoms with Gasteiger partial charge in [0.05, 0.1) is 4.92 Å². The lowest BCUT2D eigenvalue weighted by Gasteiger charge is -2.11. The molecule has 0 aromatic heterocycles. The van der Waals surface area contributed by atoms with Crippen LogP contribution >= 0.6 is 11.6 Å². The Morgan fingerprint density at radius 1 is 1.17 bits per heavy atom. The number of aryl methyl sites for hydroxylation is 3. The summed E-state index contributed by atoms with van der Waals surface area (Å²) >= 11 is 5.86. The lowest BCUT2D eigenvalue weighted by molar-refractivity contribution is -0.384. The van der Waals surface area contributed by atoms with Gasteiger partial charge < -0.3 is 10.1 Å². The van der Waals surface area contributed by atoms with Gasteiger partial charge in [0.2, 0.25) is 0 Å². The smallest absolute Gasteiger partial charge is 0.288 e. The van der Waals surface area contributed by atoms with Gasteiger partial charge in [-0.15, -0.1) is 0 Å². The van der Waals surface area contributed by atoms with E-state index in [0.29, 0.717) is 17.0 Å². The van der Waals surface area contributed by atoms with E-state index in [2.05, 4.69) is 5.32 Å². The molecule has 2 aromatic carbocycles. The number of amides is 1. The van der Waals surface area contributed by atoms with Crippen LogP contribution in [0.1, 0.15) is 16.7 Å². The maximum Gasteiger partial charge on any atom is 0.288 e. The van der Waals surface area contributed by atoms with Crippen LogP contribution in [0.15, 0.2) is 30.3 Å². The lowest BCUT2D eigenvalue weighted by atomic mass is 10.1. The fourth-order valence-electron chi connectivity index (χ4n) is 2.08. The first-order chi connectivity index (χ1) is 11.3. The minimum absolute atomic E-state index is 0.0315. The fraction of sp³-hybridized carbons (Fsp3) is 0.235. The number of nitro groups is 1. The topological polar surface area (TPSA) is 81.5 Å². The highest BCUT2D eigenvalue weighted by Crippen LogP contribution is 2.30. The van der Waals surface area contributed by atoms with Gasteiger partial charge in [0.25, 0.3) is 11.6 Å². The monoisotopic (exact) mass is 348 g/mol. The normalized spacial score (nSPS) is 10.3. The Hall–Kier alpha value is -2.60. The predicted octanol–water partition coefficient (Wildman–Crippen LogP) is 4.19. The number of nitrogens with zero attached hydrogens (tertiary/aromatic N) is 1. The molecule has 6 nitrogen and oxygen atoms in total. The molecule has 0 saturated carbocycles. The lowest BCUT2D eigenvalue weighted by Crippen LogP contribution is -2.20. The summed E-state index contributed by atoms with van der Waals surface area (Å²) in [7, 11) is 0. The van der Waals surface area contributed by atoms with E-state index >= 15 is 0 Å². The number of hydrogen-bond donors (Lipinski definition) is 1. The number of ether oxygens (including phenoxy) is 1. The Bertz CT molecular complexity index is 805. The second kappa shape index (κ2) is 7.31. The van der Waals surface area contributed by atoms with Gasteiger partial charge in [0.15, 0.2) is 6.61 Å². The van der Waals surface area contributed by atoms with Gasteiger partial charge in [-0.05, 0) is 55.7 Å². The van der Waals surface area contributed by atoms with Gasteiger partial charge in [-0.1, -0.05) is 17.7 Å². The third-order valence-corrected chi connectivity index (χ3v) is 3.92. The summed E-state index contributed by atoms with van der Waals surface area (Å²) in [5, 5.41) is 13.4. The summed E-state index contributed by atoms with van der Waals surface area (Å²) in [4.78, 5) is 22.3. The van der Waals surface area contributed by atoms with E-state index in [1.54, 1.807) is 13.0 Å². The van der Waals surface area contributed by atoms with Gasteiger partial charge in [0.1, 0.15) is 10.8 Å². The Labute approximate surface area is 144 Å². The number of hydrogen-bond acceptors (Lipinski definition) is 4. The second-order valence-electron chi connectivity index (χ2n) is 5.46. The molecule has 126 valence electrons. The Kier molecular flexibility index (Phi) is 5.41. The zero-order valence-corrected chi connectivity index (χ0v) is 14.3. The zero-order valence-electron chi connectivity index (χ0n) is 13.6. The van der Waals surface area contributed by atoms with E-state index in [1.165, 1.54) is 12.1 Å². The van der Waals surface area contributed by atoms with Crippen molar-refractivity contribution < 1.29 is 14.5 Å². The molecular formula is C17H17ClN2O4. The van der Waals surface area contributed by atoms with Crippen molar-refractivity contribution in [1.82, 2.24) is 0 Å². The van der Waals surface area contributed by atoms with Crippen LogP contribution in [0.2, 0.25) is 5.02 Å². The predicted molar refractivity (Wildman–Crippen MR) is 92.9 cm³/mol. The third kappa shape index (κ3) is 4.23. The summed E-state index contributed by atoms with van der Waals surface area (Å²) < 4.78 is 5.45. The van der Waals surface area contributed by atoms with Crippen LogP contribution in [0.5, 0.6) is 5.75 Å². The first-order valence-corrected chi connectivity index (χ1v) is 7.60. The second-order valence-corrected chi connectivity index (χ2v) is 5.87. The van der Waals surface area contributed by atoms with Crippen LogP contribution in [0, 0.1) is 30.9 Å². The molecule has 7 heteroatoms. The fourth-order valence-corrected chi connectivity index (χ4v) is 2.31. The van der Waals surface area contributed by atoms with Crippen LogP contribution in [0.25, 0.3) is 0 Å². The van der Waals surface area contributed by atoms with Crippen molar-refractivity contribution in [3.8, 4) is 5.75 Å². The molecule has 1 N–H and O–H groups in total. The highest BCUT2D eigenvalue weighted by molar-refractivity contribution is 6.33. The molecule has 1 amide bonds. The number of nitrogens with one attached hydrogen (secondary N) is 1. The van der Waals surface area contributed by atoms with Crippen LogP contribution < -0.4 is 10.1 Å². The largest absolute Gasteiger partial charge is 0.484 e. The molecule has 0 bridgehead atoms. The van der Waals surface area contributed by atoms with Gasteiger partial charge in [-0.2, -0.15) is 0 Å². The first kappa shape index (κ1) is 17.7. The van der Waals surface area contributed by atoms with Crippen molar-refractivity contribution in [2.75, 3.05) is 11.9 Å². The minimum atomic E-state index is -0.566.